The minimum absolute atomic E-state index is 0.0680. The lowest BCUT2D eigenvalue weighted by Gasteiger charge is -2.18. The molecule has 0 aromatic heterocycles. The standard InChI is InChI=1S/C14H20N2O3S/c17-12(10-6-4-2-1-3-5-7-10)15-9-8-11-13(18)16-14(19)20-11/h8,10H,1-7,9H2,(H,15,17)(H,16,18,19)/b11-8-. The molecule has 1 saturated heterocycles. The Balaban J connectivity index is 1.78. The lowest BCUT2D eigenvalue weighted by Crippen LogP contribution is -2.31. The largest absolute Gasteiger partial charge is 0.352 e. The fourth-order valence-corrected chi connectivity index (χ4v) is 3.22. The highest BCUT2D eigenvalue weighted by molar-refractivity contribution is 8.18. The smallest absolute Gasteiger partial charge is 0.290 e. The average Bonchev–Trinajstić information content (AvgIpc) is 2.67. The third-order valence-electron chi connectivity index (χ3n) is 3.68. The molecule has 1 aliphatic heterocycles. The number of imide groups is 1. The Labute approximate surface area is 122 Å². The summed E-state index contributed by atoms with van der Waals surface area (Å²) in [6.45, 7) is 0.304. The molecule has 0 bridgehead atoms. The molecule has 0 unspecified atom stereocenters. The third-order valence-corrected chi connectivity index (χ3v) is 4.54. The van der Waals surface area contributed by atoms with Crippen molar-refractivity contribution in [2.75, 3.05) is 6.54 Å². The van der Waals surface area contributed by atoms with Crippen LogP contribution in [-0.4, -0.2) is 23.6 Å². The van der Waals surface area contributed by atoms with Crippen LogP contribution >= 0.6 is 11.8 Å². The minimum Gasteiger partial charge on any atom is -0.352 e. The average molecular weight is 296 g/mol. The summed E-state index contributed by atoms with van der Waals surface area (Å²) in [6, 6.07) is 0. The topological polar surface area (TPSA) is 75.3 Å². The first kappa shape index (κ1) is 15.1. The quantitative estimate of drug-likeness (QED) is 0.784. The van der Waals surface area contributed by atoms with Gasteiger partial charge in [0.2, 0.25) is 5.91 Å². The van der Waals surface area contributed by atoms with E-state index in [1.165, 1.54) is 19.3 Å². The van der Waals surface area contributed by atoms with E-state index in [1.807, 2.05) is 0 Å². The second-order valence-electron chi connectivity index (χ2n) is 5.20. The van der Waals surface area contributed by atoms with E-state index in [1.54, 1.807) is 6.08 Å². The van der Waals surface area contributed by atoms with Gasteiger partial charge in [-0.15, -0.1) is 0 Å². The van der Waals surface area contributed by atoms with Gasteiger partial charge in [0.1, 0.15) is 0 Å². The number of carbonyl (C=O) groups excluding carboxylic acids is 3. The van der Waals surface area contributed by atoms with E-state index < -0.39 is 0 Å². The Morgan fingerprint density at radius 3 is 2.45 bits per heavy atom. The van der Waals surface area contributed by atoms with Crippen molar-refractivity contribution < 1.29 is 14.4 Å². The van der Waals surface area contributed by atoms with Gasteiger partial charge < -0.3 is 5.32 Å². The molecule has 0 spiro atoms. The van der Waals surface area contributed by atoms with Crippen molar-refractivity contribution in [2.45, 2.75) is 44.9 Å². The molecule has 1 saturated carbocycles. The summed E-state index contributed by atoms with van der Waals surface area (Å²) in [6.07, 6.45) is 9.45. The number of amides is 3. The van der Waals surface area contributed by atoms with Crippen LogP contribution in [0.4, 0.5) is 4.79 Å². The predicted octanol–water partition coefficient (Wildman–Crippen LogP) is 2.33. The molecule has 1 aliphatic carbocycles. The van der Waals surface area contributed by atoms with E-state index in [0.717, 1.165) is 37.4 Å². The third kappa shape index (κ3) is 4.37. The van der Waals surface area contributed by atoms with Crippen LogP contribution < -0.4 is 10.6 Å². The second-order valence-corrected chi connectivity index (χ2v) is 6.21. The van der Waals surface area contributed by atoms with Crippen LogP contribution in [-0.2, 0) is 9.59 Å². The summed E-state index contributed by atoms with van der Waals surface area (Å²) < 4.78 is 0. The summed E-state index contributed by atoms with van der Waals surface area (Å²) in [5.41, 5.74) is 0. The SMILES string of the molecule is O=C1NC(=O)/C(=C/CNC(=O)C2CCCCCCC2)S1. The Bertz CT molecular complexity index is 426. The van der Waals surface area contributed by atoms with Crippen LogP contribution in [0.5, 0.6) is 0 Å². The summed E-state index contributed by atoms with van der Waals surface area (Å²) in [5, 5.41) is 4.68. The summed E-state index contributed by atoms with van der Waals surface area (Å²) in [7, 11) is 0. The molecule has 2 rings (SSSR count). The monoisotopic (exact) mass is 296 g/mol. The highest BCUT2D eigenvalue weighted by Crippen LogP contribution is 2.23. The van der Waals surface area contributed by atoms with Crippen LogP contribution in [0.25, 0.3) is 0 Å². The first-order valence-corrected chi connectivity index (χ1v) is 7.99. The summed E-state index contributed by atoms with van der Waals surface area (Å²) >= 11 is 0.877. The zero-order valence-corrected chi connectivity index (χ0v) is 12.3. The molecule has 2 N–H and O–H groups in total. The van der Waals surface area contributed by atoms with Crippen molar-refractivity contribution in [1.29, 1.82) is 0 Å². The van der Waals surface area contributed by atoms with Gasteiger partial charge in [-0.1, -0.05) is 32.1 Å². The van der Waals surface area contributed by atoms with Crippen molar-refractivity contribution in [3.05, 3.63) is 11.0 Å². The zero-order chi connectivity index (χ0) is 14.4. The van der Waals surface area contributed by atoms with Crippen molar-refractivity contribution >= 4 is 28.8 Å². The highest BCUT2D eigenvalue weighted by Gasteiger charge is 2.25. The zero-order valence-electron chi connectivity index (χ0n) is 11.4. The van der Waals surface area contributed by atoms with Crippen molar-refractivity contribution in [1.82, 2.24) is 10.6 Å². The molecule has 5 nitrogen and oxygen atoms in total. The fraction of sp³-hybridized carbons (Fsp3) is 0.643. The van der Waals surface area contributed by atoms with Crippen molar-refractivity contribution in [3.8, 4) is 0 Å². The van der Waals surface area contributed by atoms with Crippen LogP contribution in [0, 0.1) is 5.92 Å². The van der Waals surface area contributed by atoms with E-state index in [9.17, 15) is 14.4 Å². The van der Waals surface area contributed by atoms with Gasteiger partial charge in [-0.2, -0.15) is 0 Å². The Kier molecular flexibility index (Phi) is 5.64. The maximum Gasteiger partial charge on any atom is 0.290 e. The van der Waals surface area contributed by atoms with Gasteiger partial charge in [-0.3, -0.25) is 19.7 Å². The van der Waals surface area contributed by atoms with E-state index in [0.29, 0.717) is 11.4 Å². The lowest BCUT2D eigenvalue weighted by molar-refractivity contribution is -0.125. The molecule has 20 heavy (non-hydrogen) atoms. The van der Waals surface area contributed by atoms with Crippen LogP contribution in [0.2, 0.25) is 0 Å². The summed E-state index contributed by atoms with van der Waals surface area (Å²) in [4.78, 5) is 34.7. The normalized spacial score (nSPS) is 23.3. The molecule has 6 heteroatoms. The van der Waals surface area contributed by atoms with Gasteiger partial charge in [0.25, 0.3) is 11.1 Å². The minimum atomic E-state index is -0.375. The van der Waals surface area contributed by atoms with Gasteiger partial charge in [0.15, 0.2) is 0 Å². The Hall–Kier alpha value is -1.30. The highest BCUT2D eigenvalue weighted by atomic mass is 32.2. The predicted molar refractivity (Wildman–Crippen MR) is 78.0 cm³/mol. The maximum atomic E-state index is 12.1. The molecule has 0 atom stereocenters. The van der Waals surface area contributed by atoms with Crippen LogP contribution in [0.15, 0.2) is 11.0 Å². The first-order valence-electron chi connectivity index (χ1n) is 7.18. The Morgan fingerprint density at radius 2 is 1.85 bits per heavy atom. The molecule has 110 valence electrons. The molecule has 0 aromatic rings. The molecule has 1 heterocycles. The number of nitrogens with one attached hydrogen (secondary N) is 2. The summed E-state index contributed by atoms with van der Waals surface area (Å²) in [5.74, 6) is -0.209. The number of hydrogen-bond acceptors (Lipinski definition) is 4. The lowest BCUT2D eigenvalue weighted by atomic mass is 9.90. The van der Waals surface area contributed by atoms with Gasteiger partial charge >= 0.3 is 0 Å². The number of thioether (sulfide) groups is 1. The molecule has 0 radical (unpaired) electrons. The molecule has 0 aromatic carbocycles. The van der Waals surface area contributed by atoms with E-state index in [-0.39, 0.29) is 23.0 Å². The van der Waals surface area contributed by atoms with E-state index in [2.05, 4.69) is 10.6 Å². The molecule has 2 aliphatic rings. The molecule has 2 fully saturated rings. The van der Waals surface area contributed by atoms with E-state index >= 15 is 0 Å². The van der Waals surface area contributed by atoms with Gasteiger partial charge in [-0.05, 0) is 30.7 Å². The Morgan fingerprint density at radius 1 is 1.20 bits per heavy atom. The van der Waals surface area contributed by atoms with Gasteiger partial charge in [0, 0.05) is 12.5 Å². The number of rotatable bonds is 3. The van der Waals surface area contributed by atoms with Crippen LogP contribution in [0.3, 0.4) is 0 Å². The number of carbonyl (C=O) groups is 3. The van der Waals surface area contributed by atoms with Crippen LogP contribution in [0.1, 0.15) is 44.9 Å². The number of hydrogen-bond donors (Lipinski definition) is 2. The fourth-order valence-electron chi connectivity index (χ4n) is 2.57. The van der Waals surface area contributed by atoms with E-state index in [4.69, 9.17) is 0 Å². The molecular formula is C14H20N2O3S. The molecular weight excluding hydrogens is 276 g/mol. The first-order chi connectivity index (χ1) is 9.66. The second kappa shape index (κ2) is 7.47. The maximum absolute atomic E-state index is 12.1. The van der Waals surface area contributed by atoms with Gasteiger partial charge in [-0.25, -0.2) is 0 Å². The molecule has 3 amide bonds. The van der Waals surface area contributed by atoms with Gasteiger partial charge in [0.05, 0.1) is 4.91 Å². The van der Waals surface area contributed by atoms with Crippen molar-refractivity contribution in [3.63, 3.8) is 0 Å². The van der Waals surface area contributed by atoms with Crippen molar-refractivity contribution in [2.24, 2.45) is 5.92 Å².